The Morgan fingerprint density at radius 1 is 0.929 bits per heavy atom. The number of rotatable bonds is 6. The lowest BCUT2D eigenvalue weighted by molar-refractivity contribution is -0.302. The minimum Gasteiger partial charge on any atom is -0.456 e. The maximum atomic E-state index is 14.3. The van der Waals surface area contributed by atoms with Gasteiger partial charge >= 0.3 is 5.97 Å². The molecule has 0 spiro atoms. The molecule has 14 atom stereocenters. The molecular weight excluding hydrogens is 743 g/mol. The zero-order valence-electron chi connectivity index (χ0n) is 34.6. The van der Waals surface area contributed by atoms with Gasteiger partial charge in [-0.15, -0.1) is 0 Å². The van der Waals surface area contributed by atoms with Gasteiger partial charge in [0.05, 0.1) is 30.5 Å². The van der Waals surface area contributed by atoms with E-state index >= 15 is 0 Å². The van der Waals surface area contributed by atoms with E-state index < -0.39 is 83.9 Å². The first-order valence-corrected chi connectivity index (χ1v) is 21.0. The number of ether oxygens (including phenoxy) is 5. The second-order valence-electron chi connectivity index (χ2n) is 16.9. The quantitative estimate of drug-likeness (QED) is 0.132. The molecule has 0 unspecified atom stereocenters. The maximum Gasteiger partial charge on any atom is 0.329 e. The standard InChI is InChI=1S/C42H67NO12S/c1-23-15-24(2)17-35(52-7)38-36(53-8)19-26(4)42(50,55-38)39(47)40(48)43-14-10-9-11-30(43)41(49)54-37(27(5)32(45)21-33(46)29(16-23)22-56)25(3)18-28-12-13-31(44)34(20-28)51-6/h16,18,24,26-32,34-38,44-45,50,56H,9-15,17,19-22H2,1-8H3/b23-16+,25-18+/t24-,26+,27+,28-,29-,30-,31+,32-,34+,35-,36-,37+,38+,42+/m0/s1. The Bertz CT molecular complexity index is 1440. The largest absolute Gasteiger partial charge is 0.456 e. The van der Waals surface area contributed by atoms with Gasteiger partial charge in [-0.1, -0.05) is 38.5 Å². The molecule has 1 saturated carbocycles. The SMILES string of the molecule is CO[C@H]1C[C@@H](C)C/C(C)=C/[C@@H](CS)C(=O)C[C@H](O)[C@@H](C)[C@@H](/C(C)=C/[C@@H]2CC[C@@H](O)[C@H](OC)C2)OC(=O)[C@@H]2CCCCN2C(=O)C(=O)[C@]2(O)O[C@H]1[C@@H](OC)C[C@H]2C. The first-order valence-electron chi connectivity index (χ1n) is 20.4. The Morgan fingerprint density at radius 2 is 1.59 bits per heavy atom. The number of esters is 1. The van der Waals surface area contributed by atoms with Crippen molar-refractivity contribution in [2.45, 2.75) is 153 Å². The van der Waals surface area contributed by atoms with Gasteiger partial charge < -0.3 is 43.9 Å². The minimum absolute atomic E-state index is 0.00919. The van der Waals surface area contributed by atoms with Crippen LogP contribution in [-0.4, -0.2) is 132 Å². The Labute approximate surface area is 338 Å². The lowest BCUT2D eigenvalue weighted by Gasteiger charge is -2.47. The number of hydrogen-bond acceptors (Lipinski definition) is 13. The maximum absolute atomic E-state index is 14.3. The lowest BCUT2D eigenvalue weighted by Crippen LogP contribution is -2.64. The summed E-state index contributed by atoms with van der Waals surface area (Å²) < 4.78 is 29.7. The fourth-order valence-electron chi connectivity index (χ4n) is 9.20. The molecule has 56 heavy (non-hydrogen) atoms. The number of amides is 1. The van der Waals surface area contributed by atoms with E-state index in [-0.39, 0.29) is 55.3 Å². The highest BCUT2D eigenvalue weighted by Crippen LogP contribution is 2.39. The molecule has 2 saturated heterocycles. The van der Waals surface area contributed by atoms with E-state index in [0.29, 0.717) is 50.5 Å². The number of piperidine rings is 1. The Balaban J connectivity index is 1.76. The van der Waals surface area contributed by atoms with Crippen LogP contribution < -0.4 is 0 Å². The molecule has 2 bridgehead atoms. The zero-order chi connectivity index (χ0) is 41.5. The molecule has 0 radical (unpaired) electrons. The van der Waals surface area contributed by atoms with Crippen molar-refractivity contribution in [3.05, 3.63) is 23.3 Å². The second kappa shape index (κ2) is 20.7. The number of ketones is 2. The van der Waals surface area contributed by atoms with Gasteiger partial charge in [-0.25, -0.2) is 4.79 Å². The van der Waals surface area contributed by atoms with Gasteiger partial charge in [-0.3, -0.25) is 14.4 Å². The molecule has 1 aliphatic carbocycles. The van der Waals surface area contributed by atoms with Crippen LogP contribution >= 0.6 is 12.6 Å². The number of cyclic esters (lactones) is 1. The molecule has 3 aliphatic heterocycles. The van der Waals surface area contributed by atoms with E-state index in [4.69, 9.17) is 23.7 Å². The summed E-state index contributed by atoms with van der Waals surface area (Å²) in [7, 11) is 4.60. The second-order valence-corrected chi connectivity index (χ2v) is 17.3. The van der Waals surface area contributed by atoms with Gasteiger partial charge in [0.2, 0.25) is 5.79 Å². The fraction of sp³-hybridized carbons (Fsp3) is 0.810. The summed E-state index contributed by atoms with van der Waals surface area (Å²) in [6.07, 6.45) is 2.83. The van der Waals surface area contributed by atoms with Crippen molar-refractivity contribution >= 4 is 36.1 Å². The molecule has 4 rings (SSSR count). The molecule has 3 fully saturated rings. The normalized spacial score (nSPS) is 41.6. The highest BCUT2D eigenvalue weighted by atomic mass is 32.1. The number of Topliss-reactive ketones (excluding diaryl/α,β-unsaturated/α-hetero) is 2. The zero-order valence-corrected chi connectivity index (χ0v) is 35.5. The van der Waals surface area contributed by atoms with Crippen molar-refractivity contribution in [3.63, 3.8) is 0 Å². The third kappa shape index (κ3) is 10.9. The van der Waals surface area contributed by atoms with E-state index in [1.165, 1.54) is 19.1 Å². The first-order chi connectivity index (χ1) is 26.5. The highest BCUT2D eigenvalue weighted by Gasteiger charge is 2.56. The van der Waals surface area contributed by atoms with Crippen molar-refractivity contribution in [1.29, 1.82) is 0 Å². The third-order valence-electron chi connectivity index (χ3n) is 12.6. The summed E-state index contributed by atoms with van der Waals surface area (Å²) >= 11 is 4.49. The smallest absolute Gasteiger partial charge is 0.329 e. The van der Waals surface area contributed by atoms with Crippen LogP contribution in [0.25, 0.3) is 0 Å². The van der Waals surface area contributed by atoms with E-state index in [2.05, 4.69) is 12.6 Å². The Kier molecular flexibility index (Phi) is 17.2. The number of carbonyl (C=O) groups excluding carboxylic acids is 4. The van der Waals surface area contributed by atoms with Crippen LogP contribution in [0.15, 0.2) is 23.3 Å². The summed E-state index contributed by atoms with van der Waals surface area (Å²) in [5.41, 5.74) is 1.60. The van der Waals surface area contributed by atoms with Crippen molar-refractivity contribution in [2.75, 3.05) is 33.6 Å². The number of allylic oxidation sites excluding steroid dienone is 3. The van der Waals surface area contributed by atoms with Gasteiger partial charge in [0.1, 0.15) is 24.0 Å². The van der Waals surface area contributed by atoms with Crippen molar-refractivity contribution in [1.82, 2.24) is 4.90 Å². The summed E-state index contributed by atoms with van der Waals surface area (Å²) in [4.78, 5) is 57.6. The Morgan fingerprint density at radius 3 is 2.23 bits per heavy atom. The predicted molar refractivity (Wildman–Crippen MR) is 212 cm³/mol. The molecule has 3 heterocycles. The fourth-order valence-corrected chi connectivity index (χ4v) is 9.51. The molecule has 0 aromatic carbocycles. The van der Waals surface area contributed by atoms with E-state index in [0.717, 1.165) is 5.57 Å². The minimum atomic E-state index is -2.51. The number of aliphatic hydroxyl groups is 3. The average Bonchev–Trinajstić information content (AvgIpc) is 3.18. The van der Waals surface area contributed by atoms with Crippen LogP contribution in [0.5, 0.6) is 0 Å². The molecule has 318 valence electrons. The lowest BCUT2D eigenvalue weighted by atomic mass is 9.82. The van der Waals surface area contributed by atoms with Gasteiger partial charge in [0.15, 0.2) is 0 Å². The van der Waals surface area contributed by atoms with Gasteiger partial charge in [-0.05, 0) is 89.0 Å². The van der Waals surface area contributed by atoms with Crippen LogP contribution in [-0.2, 0) is 42.9 Å². The number of methoxy groups -OCH3 is 3. The number of thiol groups is 1. The van der Waals surface area contributed by atoms with Crippen LogP contribution in [0.2, 0.25) is 0 Å². The van der Waals surface area contributed by atoms with E-state index in [9.17, 15) is 34.5 Å². The van der Waals surface area contributed by atoms with Gasteiger partial charge in [0, 0.05) is 57.8 Å². The van der Waals surface area contributed by atoms with E-state index in [1.54, 1.807) is 21.0 Å². The summed E-state index contributed by atoms with van der Waals surface area (Å²) in [5, 5.41) is 34.0. The van der Waals surface area contributed by atoms with Crippen molar-refractivity contribution < 1.29 is 58.2 Å². The molecule has 0 aromatic rings. The summed E-state index contributed by atoms with van der Waals surface area (Å²) in [6.45, 7) is 9.22. The number of hydrogen-bond donors (Lipinski definition) is 4. The average molecular weight is 810 g/mol. The Hall–Kier alpha value is -2.17. The molecule has 14 heteroatoms. The monoisotopic (exact) mass is 809 g/mol. The number of nitrogens with zero attached hydrogens (tertiary/aromatic N) is 1. The van der Waals surface area contributed by atoms with Crippen LogP contribution in [0, 0.1) is 29.6 Å². The van der Waals surface area contributed by atoms with Crippen LogP contribution in [0.3, 0.4) is 0 Å². The number of carbonyl (C=O) groups is 4. The summed E-state index contributed by atoms with van der Waals surface area (Å²) in [6, 6.07) is -1.14. The predicted octanol–water partition coefficient (Wildman–Crippen LogP) is 3.99. The molecule has 0 aromatic heterocycles. The third-order valence-corrected chi connectivity index (χ3v) is 13.0. The highest BCUT2D eigenvalue weighted by molar-refractivity contribution is 7.80. The summed E-state index contributed by atoms with van der Waals surface area (Å²) in [5.74, 6) is -7.57. The van der Waals surface area contributed by atoms with E-state index in [1.807, 2.05) is 32.9 Å². The van der Waals surface area contributed by atoms with Crippen molar-refractivity contribution in [2.24, 2.45) is 29.6 Å². The number of fused-ring (bicyclic) bond motifs is 3. The first kappa shape index (κ1) is 46.5. The molecule has 1 amide bonds. The molecule has 3 N–H and O–H groups in total. The van der Waals surface area contributed by atoms with Gasteiger partial charge in [0.25, 0.3) is 11.7 Å². The van der Waals surface area contributed by atoms with Crippen LogP contribution in [0.1, 0.15) is 98.8 Å². The number of aliphatic hydroxyl groups excluding tert-OH is 2. The molecular formula is C42H67NO12S. The van der Waals surface area contributed by atoms with Crippen LogP contribution in [0.4, 0.5) is 0 Å². The van der Waals surface area contributed by atoms with Gasteiger partial charge in [-0.2, -0.15) is 12.6 Å². The van der Waals surface area contributed by atoms with Crippen molar-refractivity contribution in [3.8, 4) is 0 Å². The molecule has 13 nitrogen and oxygen atoms in total. The topological polar surface area (TPSA) is 178 Å². The molecule has 4 aliphatic rings.